The molecule has 0 amide bonds. The highest BCUT2D eigenvalue weighted by Crippen LogP contribution is 2.16. The molecule has 0 saturated carbocycles. The number of rotatable bonds is 63. The highest BCUT2D eigenvalue weighted by molar-refractivity contribution is 5.71. The Labute approximate surface area is 508 Å². The van der Waals surface area contributed by atoms with Crippen LogP contribution in [0, 0.1) is 0 Å². The standard InChI is InChI=1S/C76H130O6/c1-4-7-10-13-16-19-22-25-28-31-33-35-37-38-40-41-43-45-48-51-54-57-60-63-66-69-75(78)81-72-73(71-80-74(77)68-65-62-59-56-53-50-47-30-27-24-21-18-15-12-9-6-3)82-76(79)70-67-64-61-58-55-52-49-46-44-42-39-36-34-32-29-26-23-20-17-14-11-8-5-2/h7,10,16,19,25,28,30,32-35,38,40,43,45,47,51,54,73H,4-6,8-9,11-15,17-18,20-24,26-27,29,31,36-37,39,41-42,44,46,48-50,52-53,55-72H2,1-3H3/b10-7-,19-16-,28-25-,34-32-,35-33-,40-38-,45-43-,47-30-,54-51-. The van der Waals surface area contributed by atoms with Crippen molar-refractivity contribution in [3.05, 3.63) is 109 Å². The third-order valence-corrected chi connectivity index (χ3v) is 15.0. The van der Waals surface area contributed by atoms with E-state index in [1.165, 1.54) is 180 Å². The predicted molar refractivity (Wildman–Crippen MR) is 357 cm³/mol. The number of carbonyl (C=O) groups is 3. The molecule has 6 nitrogen and oxygen atoms in total. The molecule has 0 spiro atoms. The molecular formula is C76H130O6. The highest BCUT2D eigenvalue weighted by atomic mass is 16.6. The van der Waals surface area contributed by atoms with Crippen LogP contribution in [0.15, 0.2) is 109 Å². The summed E-state index contributed by atoms with van der Waals surface area (Å²) in [6, 6.07) is 0. The van der Waals surface area contributed by atoms with E-state index in [0.717, 1.165) is 116 Å². The van der Waals surface area contributed by atoms with Crippen molar-refractivity contribution in [3.63, 3.8) is 0 Å². The number of ether oxygens (including phenoxy) is 3. The normalized spacial score (nSPS) is 12.8. The zero-order valence-corrected chi connectivity index (χ0v) is 54.0. The summed E-state index contributed by atoms with van der Waals surface area (Å²) in [4.78, 5) is 38.4. The maximum atomic E-state index is 13.0. The molecule has 0 aliphatic heterocycles. The Bertz CT molecular complexity index is 1640. The molecule has 0 saturated heterocycles. The molecule has 1 unspecified atom stereocenters. The molecule has 0 aliphatic rings. The number of carbonyl (C=O) groups excluding carboxylic acids is 3. The van der Waals surface area contributed by atoms with Crippen LogP contribution in [0.3, 0.4) is 0 Å². The second-order valence-corrected chi connectivity index (χ2v) is 23.1. The Morgan fingerprint density at radius 2 is 0.476 bits per heavy atom. The minimum atomic E-state index is -0.799. The lowest BCUT2D eigenvalue weighted by Gasteiger charge is -2.18. The van der Waals surface area contributed by atoms with E-state index in [9.17, 15) is 14.4 Å². The van der Waals surface area contributed by atoms with Crippen LogP contribution in [0.2, 0.25) is 0 Å². The Kier molecular flexibility index (Phi) is 66.2. The molecule has 0 N–H and O–H groups in total. The molecule has 0 rings (SSSR count). The first-order valence-corrected chi connectivity index (χ1v) is 34.9. The maximum Gasteiger partial charge on any atom is 0.306 e. The highest BCUT2D eigenvalue weighted by Gasteiger charge is 2.19. The lowest BCUT2D eigenvalue weighted by molar-refractivity contribution is -0.167. The quantitative estimate of drug-likeness (QED) is 0.0261. The lowest BCUT2D eigenvalue weighted by atomic mass is 10.0. The Morgan fingerprint density at radius 3 is 0.768 bits per heavy atom. The number of hydrogen-bond donors (Lipinski definition) is 0. The van der Waals surface area contributed by atoms with Gasteiger partial charge in [-0.2, -0.15) is 0 Å². The molecule has 0 aromatic carbocycles. The molecule has 6 heteroatoms. The van der Waals surface area contributed by atoms with E-state index in [4.69, 9.17) is 14.2 Å². The summed E-state index contributed by atoms with van der Waals surface area (Å²) in [6.45, 7) is 6.52. The maximum absolute atomic E-state index is 13.0. The Hall–Kier alpha value is -3.93. The van der Waals surface area contributed by atoms with Gasteiger partial charge in [0.2, 0.25) is 0 Å². The van der Waals surface area contributed by atoms with Gasteiger partial charge >= 0.3 is 17.9 Å². The second-order valence-electron chi connectivity index (χ2n) is 23.1. The van der Waals surface area contributed by atoms with Crippen LogP contribution in [0.1, 0.15) is 335 Å². The molecule has 0 aromatic rings. The summed E-state index contributed by atoms with van der Waals surface area (Å²) in [6.07, 6.45) is 95.3. The average Bonchev–Trinajstić information content (AvgIpc) is 3.47. The van der Waals surface area contributed by atoms with Crippen LogP contribution in [-0.4, -0.2) is 37.2 Å². The summed E-state index contributed by atoms with van der Waals surface area (Å²) in [5.74, 6) is -0.923. The van der Waals surface area contributed by atoms with E-state index >= 15 is 0 Å². The molecule has 470 valence electrons. The van der Waals surface area contributed by atoms with Gasteiger partial charge in [-0.25, -0.2) is 0 Å². The molecule has 0 aliphatic carbocycles. The zero-order chi connectivity index (χ0) is 59.2. The van der Waals surface area contributed by atoms with Crippen LogP contribution in [0.25, 0.3) is 0 Å². The van der Waals surface area contributed by atoms with Crippen molar-refractivity contribution in [2.75, 3.05) is 13.2 Å². The van der Waals surface area contributed by atoms with Gasteiger partial charge in [-0.3, -0.25) is 14.4 Å². The molecule has 0 radical (unpaired) electrons. The van der Waals surface area contributed by atoms with Gasteiger partial charge < -0.3 is 14.2 Å². The minimum Gasteiger partial charge on any atom is -0.462 e. The number of allylic oxidation sites excluding steroid dienone is 18. The van der Waals surface area contributed by atoms with Gasteiger partial charge in [0, 0.05) is 19.3 Å². The number of unbranched alkanes of at least 4 members (excludes halogenated alkanes) is 34. The topological polar surface area (TPSA) is 78.9 Å². The van der Waals surface area contributed by atoms with Gasteiger partial charge in [0.25, 0.3) is 0 Å². The van der Waals surface area contributed by atoms with E-state index in [-0.39, 0.29) is 31.1 Å². The Morgan fingerprint density at radius 1 is 0.256 bits per heavy atom. The van der Waals surface area contributed by atoms with Crippen LogP contribution in [-0.2, 0) is 28.6 Å². The van der Waals surface area contributed by atoms with E-state index in [2.05, 4.69) is 130 Å². The molecular weight excluding hydrogens is 1010 g/mol. The summed E-state index contributed by atoms with van der Waals surface area (Å²) in [7, 11) is 0. The number of hydrogen-bond acceptors (Lipinski definition) is 6. The average molecular weight is 1140 g/mol. The van der Waals surface area contributed by atoms with Crippen molar-refractivity contribution in [2.24, 2.45) is 0 Å². The first-order chi connectivity index (χ1) is 40.5. The van der Waals surface area contributed by atoms with Crippen molar-refractivity contribution < 1.29 is 28.6 Å². The van der Waals surface area contributed by atoms with Crippen LogP contribution < -0.4 is 0 Å². The molecule has 0 heterocycles. The largest absolute Gasteiger partial charge is 0.462 e. The first kappa shape index (κ1) is 78.1. The van der Waals surface area contributed by atoms with Crippen molar-refractivity contribution in [2.45, 2.75) is 341 Å². The van der Waals surface area contributed by atoms with E-state index < -0.39 is 6.10 Å². The van der Waals surface area contributed by atoms with Gasteiger partial charge in [0.15, 0.2) is 6.10 Å². The number of esters is 3. The third kappa shape index (κ3) is 66.9. The van der Waals surface area contributed by atoms with Crippen LogP contribution in [0.4, 0.5) is 0 Å². The van der Waals surface area contributed by atoms with Crippen molar-refractivity contribution in [1.29, 1.82) is 0 Å². The fraction of sp³-hybridized carbons (Fsp3) is 0.724. The first-order valence-electron chi connectivity index (χ1n) is 34.9. The fourth-order valence-corrected chi connectivity index (χ4v) is 9.77. The Balaban J connectivity index is 4.43. The lowest BCUT2D eigenvalue weighted by Crippen LogP contribution is -2.30. The van der Waals surface area contributed by atoms with E-state index in [0.29, 0.717) is 19.3 Å². The SMILES string of the molecule is CC/C=C\C/C=C\C/C=C\C/C=C\C/C=C\C/C=C\C/C=C\CCCCCC(=O)OCC(COC(=O)CCCCCCC/C=C\CCCCCCCCC)OC(=O)CCCCCCCCCCCCC/C=C\CCCCCCCCCC. The summed E-state index contributed by atoms with van der Waals surface area (Å²) in [5, 5.41) is 0. The van der Waals surface area contributed by atoms with Gasteiger partial charge in [0.1, 0.15) is 13.2 Å². The zero-order valence-electron chi connectivity index (χ0n) is 54.0. The van der Waals surface area contributed by atoms with Crippen LogP contribution >= 0.6 is 0 Å². The van der Waals surface area contributed by atoms with Crippen LogP contribution in [0.5, 0.6) is 0 Å². The minimum absolute atomic E-state index is 0.0929. The summed E-state index contributed by atoms with van der Waals surface area (Å²) >= 11 is 0. The third-order valence-electron chi connectivity index (χ3n) is 15.0. The van der Waals surface area contributed by atoms with E-state index in [1.807, 2.05) is 0 Å². The molecule has 0 bridgehead atoms. The van der Waals surface area contributed by atoms with Gasteiger partial charge in [-0.1, -0.05) is 297 Å². The van der Waals surface area contributed by atoms with Crippen molar-refractivity contribution in [1.82, 2.24) is 0 Å². The second kappa shape index (κ2) is 69.6. The molecule has 82 heavy (non-hydrogen) atoms. The summed E-state index contributed by atoms with van der Waals surface area (Å²) < 4.78 is 17.0. The van der Waals surface area contributed by atoms with Crippen molar-refractivity contribution >= 4 is 17.9 Å². The summed E-state index contributed by atoms with van der Waals surface area (Å²) in [5.41, 5.74) is 0. The smallest absolute Gasteiger partial charge is 0.306 e. The van der Waals surface area contributed by atoms with Crippen molar-refractivity contribution in [3.8, 4) is 0 Å². The molecule has 0 aromatic heterocycles. The monoisotopic (exact) mass is 1140 g/mol. The fourth-order valence-electron chi connectivity index (χ4n) is 9.77. The van der Waals surface area contributed by atoms with Gasteiger partial charge in [-0.15, -0.1) is 0 Å². The molecule has 1 atom stereocenters. The predicted octanol–water partition coefficient (Wildman–Crippen LogP) is 24.2. The van der Waals surface area contributed by atoms with Gasteiger partial charge in [-0.05, 0) is 128 Å². The van der Waals surface area contributed by atoms with E-state index in [1.54, 1.807) is 0 Å². The molecule has 0 fully saturated rings. The van der Waals surface area contributed by atoms with Gasteiger partial charge in [0.05, 0.1) is 0 Å².